The summed E-state index contributed by atoms with van der Waals surface area (Å²) >= 11 is 0. The van der Waals surface area contributed by atoms with Gasteiger partial charge < -0.3 is 20.3 Å². The quantitative estimate of drug-likeness (QED) is 0.352. The zero-order chi connectivity index (χ0) is 20.6. The van der Waals surface area contributed by atoms with E-state index in [-0.39, 0.29) is 35.9 Å². The van der Waals surface area contributed by atoms with Crippen LogP contribution in [0.5, 0.6) is 0 Å². The Balaban J connectivity index is 0.00000420. The van der Waals surface area contributed by atoms with Gasteiger partial charge in [0, 0.05) is 33.2 Å². The molecule has 8 heteroatoms. The van der Waals surface area contributed by atoms with E-state index in [1.54, 1.807) is 24.1 Å². The van der Waals surface area contributed by atoms with Crippen molar-refractivity contribution in [1.29, 1.82) is 0 Å². The van der Waals surface area contributed by atoms with Gasteiger partial charge in [0.2, 0.25) is 0 Å². The number of nitrogens with one attached hydrogen (secondary N) is 2. The van der Waals surface area contributed by atoms with E-state index in [1.165, 1.54) is 6.07 Å². The number of ether oxygens (including phenoxy) is 1. The lowest BCUT2D eigenvalue weighted by atomic mass is 9.98. The Kier molecular flexibility index (Phi) is 10.7. The van der Waals surface area contributed by atoms with Gasteiger partial charge in [0.25, 0.3) is 0 Å². The molecule has 1 aliphatic heterocycles. The van der Waals surface area contributed by atoms with Gasteiger partial charge in [-0.3, -0.25) is 4.99 Å². The average Bonchev–Trinajstić information content (AvgIpc) is 2.65. The van der Waals surface area contributed by atoms with Crippen molar-refractivity contribution in [3.8, 4) is 0 Å². The number of piperidine rings is 1. The minimum absolute atomic E-state index is 0. The third-order valence-electron chi connectivity index (χ3n) is 4.60. The second kappa shape index (κ2) is 12.2. The summed E-state index contributed by atoms with van der Waals surface area (Å²) in [4.78, 5) is 18.3. The fourth-order valence-electron chi connectivity index (χ4n) is 3.20. The predicted octanol–water partition coefficient (Wildman–Crippen LogP) is 3.80. The first-order valence-corrected chi connectivity index (χ1v) is 9.94. The number of benzene rings is 1. The van der Waals surface area contributed by atoms with Gasteiger partial charge in [-0.05, 0) is 57.6 Å². The molecule has 0 aliphatic carbocycles. The molecule has 1 aromatic rings. The number of carbonyl (C=O) groups excluding carboxylic acids is 1. The first-order valence-electron chi connectivity index (χ1n) is 9.94. The minimum atomic E-state index is -0.480. The van der Waals surface area contributed by atoms with Crippen molar-refractivity contribution in [3.05, 3.63) is 35.6 Å². The summed E-state index contributed by atoms with van der Waals surface area (Å²) in [5.74, 6) is 0.841. The molecule has 1 fully saturated rings. The first-order chi connectivity index (χ1) is 13.3. The Morgan fingerprint density at radius 3 is 2.69 bits per heavy atom. The number of hydrogen-bond acceptors (Lipinski definition) is 3. The van der Waals surface area contributed by atoms with Crippen molar-refractivity contribution >= 4 is 36.0 Å². The molecule has 1 saturated heterocycles. The van der Waals surface area contributed by atoms with E-state index in [9.17, 15) is 9.18 Å². The topological polar surface area (TPSA) is 66.0 Å². The Morgan fingerprint density at radius 2 is 2.03 bits per heavy atom. The molecule has 1 unspecified atom stereocenters. The maximum atomic E-state index is 13.7. The Labute approximate surface area is 190 Å². The molecular weight excluding hydrogens is 486 g/mol. The van der Waals surface area contributed by atoms with Crippen LogP contribution >= 0.6 is 24.0 Å². The summed E-state index contributed by atoms with van der Waals surface area (Å²) in [5.41, 5.74) is 0.206. The maximum absolute atomic E-state index is 13.7. The van der Waals surface area contributed by atoms with Crippen LogP contribution in [0.3, 0.4) is 0 Å². The van der Waals surface area contributed by atoms with E-state index in [4.69, 9.17) is 4.74 Å². The van der Waals surface area contributed by atoms with Gasteiger partial charge in [-0.1, -0.05) is 18.2 Å². The SMILES string of the molecule is CN=C(NCCc1ccccc1F)NCC1CCCN(C(=O)OC(C)(C)C)C1.I. The lowest BCUT2D eigenvalue weighted by Crippen LogP contribution is -2.47. The van der Waals surface area contributed by atoms with Crippen molar-refractivity contribution in [2.24, 2.45) is 10.9 Å². The van der Waals surface area contributed by atoms with E-state index in [0.717, 1.165) is 25.9 Å². The van der Waals surface area contributed by atoms with Gasteiger partial charge in [-0.2, -0.15) is 0 Å². The monoisotopic (exact) mass is 520 g/mol. The molecule has 164 valence electrons. The first kappa shape index (κ1) is 25.5. The van der Waals surface area contributed by atoms with Crippen LogP contribution in [0.4, 0.5) is 9.18 Å². The fourth-order valence-corrected chi connectivity index (χ4v) is 3.20. The molecule has 1 heterocycles. The van der Waals surface area contributed by atoms with Gasteiger partial charge in [0.05, 0.1) is 0 Å². The molecule has 0 aromatic heterocycles. The summed E-state index contributed by atoms with van der Waals surface area (Å²) in [5, 5.41) is 6.53. The lowest BCUT2D eigenvalue weighted by molar-refractivity contribution is 0.0168. The van der Waals surface area contributed by atoms with Crippen molar-refractivity contribution < 1.29 is 13.9 Å². The highest BCUT2D eigenvalue weighted by Crippen LogP contribution is 2.18. The largest absolute Gasteiger partial charge is 0.444 e. The Hall–Kier alpha value is -1.58. The standard InChI is InChI=1S/C21H33FN4O2.HI/c1-21(2,3)28-20(27)26-13-7-8-16(15-26)14-25-19(23-4)24-12-11-17-9-5-6-10-18(17)22;/h5-6,9-10,16H,7-8,11-15H2,1-4H3,(H2,23,24,25);1H. The third-order valence-corrected chi connectivity index (χ3v) is 4.60. The van der Waals surface area contributed by atoms with Crippen LogP contribution in [-0.4, -0.2) is 55.8 Å². The molecule has 0 spiro atoms. The smallest absolute Gasteiger partial charge is 0.410 e. The molecule has 0 radical (unpaired) electrons. The van der Waals surface area contributed by atoms with Crippen LogP contribution < -0.4 is 10.6 Å². The summed E-state index contributed by atoms with van der Waals surface area (Å²) in [6.07, 6.45) is 2.36. The molecule has 0 bridgehead atoms. The predicted molar refractivity (Wildman–Crippen MR) is 125 cm³/mol. The number of amides is 1. The summed E-state index contributed by atoms with van der Waals surface area (Å²) in [6.45, 7) is 8.36. The van der Waals surface area contributed by atoms with Crippen molar-refractivity contribution in [1.82, 2.24) is 15.5 Å². The molecule has 1 atom stereocenters. The van der Waals surface area contributed by atoms with Crippen LogP contribution in [0.1, 0.15) is 39.2 Å². The number of hydrogen-bond donors (Lipinski definition) is 2. The summed E-state index contributed by atoms with van der Waals surface area (Å²) < 4.78 is 19.2. The van der Waals surface area contributed by atoms with Crippen LogP contribution in [0.2, 0.25) is 0 Å². The molecule has 2 N–H and O–H groups in total. The molecule has 1 aliphatic rings. The highest BCUT2D eigenvalue weighted by atomic mass is 127. The second-order valence-corrected chi connectivity index (χ2v) is 8.16. The van der Waals surface area contributed by atoms with E-state index in [0.29, 0.717) is 37.0 Å². The van der Waals surface area contributed by atoms with E-state index < -0.39 is 5.60 Å². The number of aliphatic imine (C=N–C) groups is 1. The van der Waals surface area contributed by atoms with Gasteiger partial charge in [-0.15, -0.1) is 24.0 Å². The number of guanidine groups is 1. The maximum Gasteiger partial charge on any atom is 0.410 e. The minimum Gasteiger partial charge on any atom is -0.444 e. The summed E-state index contributed by atoms with van der Waals surface area (Å²) in [6, 6.07) is 6.80. The van der Waals surface area contributed by atoms with Crippen molar-refractivity contribution in [3.63, 3.8) is 0 Å². The van der Waals surface area contributed by atoms with Gasteiger partial charge in [0.1, 0.15) is 11.4 Å². The number of likely N-dealkylation sites (tertiary alicyclic amines) is 1. The van der Waals surface area contributed by atoms with Gasteiger partial charge in [-0.25, -0.2) is 9.18 Å². The highest BCUT2D eigenvalue weighted by Gasteiger charge is 2.27. The zero-order valence-corrected chi connectivity index (χ0v) is 20.2. The lowest BCUT2D eigenvalue weighted by Gasteiger charge is -2.34. The average molecular weight is 520 g/mol. The van der Waals surface area contributed by atoms with E-state index in [1.807, 2.05) is 26.8 Å². The van der Waals surface area contributed by atoms with Gasteiger partial charge in [0.15, 0.2) is 5.96 Å². The second-order valence-electron chi connectivity index (χ2n) is 8.16. The third kappa shape index (κ3) is 9.18. The number of halogens is 2. The Bertz CT molecular complexity index is 679. The number of rotatable bonds is 5. The number of nitrogens with zero attached hydrogens (tertiary/aromatic N) is 2. The Morgan fingerprint density at radius 1 is 1.31 bits per heavy atom. The molecule has 2 rings (SSSR count). The molecule has 0 saturated carbocycles. The van der Waals surface area contributed by atoms with Crippen LogP contribution in [0, 0.1) is 11.7 Å². The van der Waals surface area contributed by atoms with Crippen LogP contribution in [-0.2, 0) is 11.2 Å². The molecule has 29 heavy (non-hydrogen) atoms. The number of carbonyl (C=O) groups is 1. The van der Waals surface area contributed by atoms with E-state index in [2.05, 4.69) is 15.6 Å². The highest BCUT2D eigenvalue weighted by molar-refractivity contribution is 14.0. The summed E-state index contributed by atoms with van der Waals surface area (Å²) in [7, 11) is 1.71. The van der Waals surface area contributed by atoms with E-state index >= 15 is 0 Å². The normalized spacial score (nSPS) is 17.3. The van der Waals surface area contributed by atoms with Crippen LogP contribution in [0.15, 0.2) is 29.3 Å². The van der Waals surface area contributed by atoms with Crippen LogP contribution in [0.25, 0.3) is 0 Å². The van der Waals surface area contributed by atoms with Crippen molar-refractivity contribution in [2.45, 2.75) is 45.6 Å². The molecule has 6 nitrogen and oxygen atoms in total. The molecule has 1 amide bonds. The molecule has 1 aromatic carbocycles. The molecular formula is C21H34FIN4O2. The fraction of sp³-hybridized carbons (Fsp3) is 0.619. The van der Waals surface area contributed by atoms with Gasteiger partial charge >= 0.3 is 6.09 Å². The van der Waals surface area contributed by atoms with Crippen molar-refractivity contribution in [2.75, 3.05) is 33.2 Å². The zero-order valence-electron chi connectivity index (χ0n) is 17.8.